The van der Waals surface area contributed by atoms with Crippen LogP contribution < -0.4 is 4.74 Å². The van der Waals surface area contributed by atoms with Gasteiger partial charge in [-0.2, -0.15) is 0 Å². The van der Waals surface area contributed by atoms with Crippen LogP contribution >= 0.6 is 0 Å². The molecule has 69 valence electrons. The van der Waals surface area contributed by atoms with Crippen LogP contribution in [0.1, 0.15) is 6.42 Å². The van der Waals surface area contributed by atoms with Gasteiger partial charge in [-0.05, 0) is 18.2 Å². The van der Waals surface area contributed by atoms with Gasteiger partial charge in [-0.15, -0.1) is 0 Å². The highest BCUT2D eigenvalue weighted by molar-refractivity contribution is 5.20. The summed E-state index contributed by atoms with van der Waals surface area (Å²) >= 11 is 0. The predicted molar refractivity (Wildman–Crippen MR) is 43.8 cm³/mol. The van der Waals surface area contributed by atoms with Crippen LogP contribution in [0.5, 0.6) is 5.75 Å². The lowest BCUT2D eigenvalue weighted by atomic mass is 10.3. The molecule has 0 spiro atoms. The summed E-state index contributed by atoms with van der Waals surface area (Å²) < 4.78 is 30.0. The Balaban J connectivity index is 1.82. The maximum atomic E-state index is 12.4. The van der Waals surface area contributed by atoms with E-state index in [-0.39, 0.29) is 13.0 Å². The molecule has 1 aliphatic rings. The average Bonchev–Trinajstić information content (AvgIpc) is 2.73. The van der Waals surface area contributed by atoms with Gasteiger partial charge in [-0.3, -0.25) is 0 Å². The van der Waals surface area contributed by atoms with Crippen LogP contribution in [-0.2, 0) is 0 Å². The second-order valence-corrected chi connectivity index (χ2v) is 3.21. The first-order chi connectivity index (χ1) is 6.18. The Labute approximate surface area is 75.3 Å². The summed E-state index contributed by atoms with van der Waals surface area (Å²) in [6, 6.07) is 9.63. The molecule has 1 saturated carbocycles. The van der Waals surface area contributed by atoms with Gasteiger partial charge in [0.1, 0.15) is 5.75 Å². The Morgan fingerprint density at radius 3 is 2.62 bits per heavy atom. The van der Waals surface area contributed by atoms with Gasteiger partial charge in [0.05, 0.1) is 12.5 Å². The van der Waals surface area contributed by atoms with E-state index in [1.165, 1.54) is 0 Å². The molecule has 0 aliphatic heterocycles. The molecule has 1 unspecified atom stereocenters. The van der Waals surface area contributed by atoms with Crippen LogP contribution in [0, 0.1) is 12.0 Å². The van der Waals surface area contributed by atoms with E-state index in [9.17, 15) is 8.78 Å². The monoisotopic (exact) mass is 183 g/mol. The van der Waals surface area contributed by atoms with Crippen LogP contribution in [0.3, 0.4) is 0 Å². The zero-order valence-corrected chi connectivity index (χ0v) is 6.97. The molecule has 1 aromatic carbocycles. The minimum Gasteiger partial charge on any atom is -0.493 e. The first-order valence-electron chi connectivity index (χ1n) is 4.15. The summed E-state index contributed by atoms with van der Waals surface area (Å²) in [4.78, 5) is 0. The summed E-state index contributed by atoms with van der Waals surface area (Å²) in [5.74, 6) is -2.45. The second-order valence-electron chi connectivity index (χ2n) is 3.21. The third-order valence-corrected chi connectivity index (χ3v) is 2.09. The summed E-state index contributed by atoms with van der Waals surface area (Å²) in [5.41, 5.74) is 0. The van der Waals surface area contributed by atoms with Crippen molar-refractivity contribution in [1.82, 2.24) is 0 Å². The van der Waals surface area contributed by atoms with Crippen molar-refractivity contribution in [3.8, 4) is 5.75 Å². The summed E-state index contributed by atoms with van der Waals surface area (Å²) in [7, 11) is 0. The molecule has 1 aliphatic carbocycles. The molecule has 1 atom stereocenters. The lowest BCUT2D eigenvalue weighted by Crippen LogP contribution is -2.05. The van der Waals surface area contributed by atoms with Crippen molar-refractivity contribution in [1.29, 1.82) is 0 Å². The van der Waals surface area contributed by atoms with E-state index in [2.05, 4.69) is 6.07 Å². The van der Waals surface area contributed by atoms with Gasteiger partial charge in [0.2, 0.25) is 0 Å². The van der Waals surface area contributed by atoms with E-state index in [1.54, 1.807) is 24.3 Å². The zero-order chi connectivity index (χ0) is 9.31. The molecular formula is C10H9F2O. The van der Waals surface area contributed by atoms with Gasteiger partial charge in [0, 0.05) is 6.42 Å². The van der Waals surface area contributed by atoms with Crippen molar-refractivity contribution in [2.75, 3.05) is 6.61 Å². The Kier molecular flexibility index (Phi) is 1.94. The maximum absolute atomic E-state index is 12.4. The summed E-state index contributed by atoms with van der Waals surface area (Å²) in [6.07, 6.45) is -0.0358. The highest BCUT2D eigenvalue weighted by atomic mass is 19.3. The van der Waals surface area contributed by atoms with E-state index in [4.69, 9.17) is 4.74 Å². The minimum absolute atomic E-state index is 0.0358. The number of hydrogen-bond acceptors (Lipinski definition) is 1. The van der Waals surface area contributed by atoms with E-state index in [0.717, 1.165) is 0 Å². The fraction of sp³-hybridized carbons (Fsp3) is 0.400. The molecule has 0 N–H and O–H groups in total. The summed E-state index contributed by atoms with van der Waals surface area (Å²) in [6.45, 7) is 0.108. The van der Waals surface area contributed by atoms with E-state index < -0.39 is 11.8 Å². The second kappa shape index (κ2) is 2.98. The van der Waals surface area contributed by atoms with Crippen molar-refractivity contribution in [2.24, 2.45) is 5.92 Å². The van der Waals surface area contributed by atoms with Crippen LogP contribution in [0.25, 0.3) is 0 Å². The Morgan fingerprint density at radius 1 is 1.46 bits per heavy atom. The molecule has 0 bridgehead atoms. The number of alkyl halides is 2. The fourth-order valence-electron chi connectivity index (χ4n) is 1.12. The van der Waals surface area contributed by atoms with Crippen LogP contribution in [-0.4, -0.2) is 12.5 Å². The number of benzene rings is 1. The Hall–Kier alpha value is -1.12. The highest BCUT2D eigenvalue weighted by Crippen LogP contribution is 2.48. The molecule has 1 fully saturated rings. The average molecular weight is 183 g/mol. The topological polar surface area (TPSA) is 9.23 Å². The number of halogens is 2. The lowest BCUT2D eigenvalue weighted by Gasteiger charge is -2.03. The number of rotatable bonds is 3. The van der Waals surface area contributed by atoms with E-state index >= 15 is 0 Å². The molecule has 1 nitrogen and oxygen atoms in total. The van der Waals surface area contributed by atoms with E-state index in [0.29, 0.717) is 5.75 Å². The molecule has 0 heterocycles. The fourth-order valence-corrected chi connectivity index (χ4v) is 1.12. The van der Waals surface area contributed by atoms with Gasteiger partial charge in [0.25, 0.3) is 5.92 Å². The van der Waals surface area contributed by atoms with Gasteiger partial charge in [-0.25, -0.2) is 8.78 Å². The van der Waals surface area contributed by atoms with Crippen molar-refractivity contribution < 1.29 is 13.5 Å². The molecule has 2 rings (SSSR count). The maximum Gasteiger partial charge on any atom is 0.255 e. The first kappa shape index (κ1) is 8.48. The van der Waals surface area contributed by atoms with E-state index in [1.807, 2.05) is 0 Å². The van der Waals surface area contributed by atoms with Crippen molar-refractivity contribution >= 4 is 0 Å². The SMILES string of the molecule is FC1(F)CC1COc1cc[c]cc1. The van der Waals surface area contributed by atoms with Crippen molar-refractivity contribution in [3.05, 3.63) is 30.3 Å². The molecule has 1 aromatic rings. The molecule has 1 radical (unpaired) electrons. The smallest absolute Gasteiger partial charge is 0.255 e. The highest BCUT2D eigenvalue weighted by Gasteiger charge is 2.57. The molecular weight excluding hydrogens is 174 g/mol. The Morgan fingerprint density at radius 2 is 2.08 bits per heavy atom. The minimum atomic E-state index is -2.49. The molecule has 0 aromatic heterocycles. The van der Waals surface area contributed by atoms with Crippen LogP contribution in [0.15, 0.2) is 24.3 Å². The number of ether oxygens (including phenoxy) is 1. The Bertz CT molecular complexity index is 284. The van der Waals surface area contributed by atoms with Crippen molar-refractivity contribution in [2.45, 2.75) is 12.3 Å². The zero-order valence-electron chi connectivity index (χ0n) is 6.97. The summed E-state index contributed by atoms with van der Waals surface area (Å²) in [5, 5.41) is 0. The van der Waals surface area contributed by atoms with Crippen LogP contribution in [0.4, 0.5) is 8.78 Å². The lowest BCUT2D eigenvalue weighted by molar-refractivity contribution is 0.0856. The third-order valence-electron chi connectivity index (χ3n) is 2.09. The van der Waals surface area contributed by atoms with Crippen molar-refractivity contribution in [3.63, 3.8) is 0 Å². The molecule has 13 heavy (non-hydrogen) atoms. The quantitative estimate of drug-likeness (QED) is 0.699. The first-order valence-corrected chi connectivity index (χ1v) is 4.15. The van der Waals surface area contributed by atoms with Gasteiger partial charge < -0.3 is 4.74 Å². The van der Waals surface area contributed by atoms with Gasteiger partial charge in [-0.1, -0.05) is 12.1 Å². The molecule has 3 heteroatoms. The molecule has 0 amide bonds. The van der Waals surface area contributed by atoms with Gasteiger partial charge >= 0.3 is 0 Å². The van der Waals surface area contributed by atoms with Crippen LogP contribution in [0.2, 0.25) is 0 Å². The normalized spacial score (nSPS) is 24.0. The molecule has 0 saturated heterocycles. The largest absolute Gasteiger partial charge is 0.493 e. The number of hydrogen-bond donors (Lipinski definition) is 0. The van der Waals surface area contributed by atoms with Gasteiger partial charge in [0.15, 0.2) is 0 Å². The standard InChI is InChI=1S/C10H9F2O/c11-10(12)6-8(10)7-13-9-4-2-1-3-5-9/h2-5,8H,6-7H2. The predicted octanol–water partition coefficient (Wildman–Crippen LogP) is 2.52. The third kappa shape index (κ3) is 1.97.